The highest BCUT2D eigenvalue weighted by Gasteiger charge is 2.38. The van der Waals surface area contributed by atoms with E-state index in [-0.39, 0.29) is 5.41 Å². The topological polar surface area (TPSA) is 43.6 Å². The SMILES string of the molecule is CC1(C)c2cc3c(cc2-c2cc4c5ccccc5n(-c5nc(-c6ccccc6)nc(-c6ccccc6)n5)c4cc21)Sc1ccccc1S3. The van der Waals surface area contributed by atoms with E-state index in [9.17, 15) is 0 Å². The first-order valence-corrected chi connectivity index (χ1v) is 17.7. The zero-order chi connectivity index (χ0) is 32.0. The number of para-hydroxylation sites is 1. The third-order valence-corrected chi connectivity index (χ3v) is 12.2. The van der Waals surface area contributed by atoms with Gasteiger partial charge in [0.15, 0.2) is 11.6 Å². The molecule has 2 aliphatic rings. The third kappa shape index (κ3) is 4.16. The first kappa shape index (κ1) is 27.9. The molecule has 0 saturated carbocycles. The van der Waals surface area contributed by atoms with E-state index in [1.54, 1.807) is 0 Å². The maximum Gasteiger partial charge on any atom is 0.238 e. The Morgan fingerprint density at radius 1 is 0.479 bits per heavy atom. The molecule has 0 amide bonds. The molecule has 3 heterocycles. The van der Waals surface area contributed by atoms with Crippen molar-refractivity contribution in [1.82, 2.24) is 19.5 Å². The highest BCUT2D eigenvalue weighted by atomic mass is 32.2. The van der Waals surface area contributed by atoms with E-state index in [2.05, 4.69) is 115 Å². The molecule has 0 unspecified atom stereocenters. The standard InChI is InChI=1S/C42H28N4S2/c1-42(2)31-23-34-30(21-28(31)29-22-37-38(24-32(29)42)48-36-20-12-11-19-35(36)47-37)27-17-9-10-18-33(27)46(34)41-44-39(25-13-5-3-6-14-25)43-40(45-41)26-15-7-4-8-16-26/h3-24H,1-2H3. The summed E-state index contributed by atoms with van der Waals surface area (Å²) in [6.45, 7) is 4.73. The van der Waals surface area contributed by atoms with Gasteiger partial charge in [0, 0.05) is 46.9 Å². The fourth-order valence-electron chi connectivity index (χ4n) is 7.33. The average molecular weight is 653 g/mol. The molecule has 8 aromatic rings. The van der Waals surface area contributed by atoms with Gasteiger partial charge in [-0.15, -0.1) is 0 Å². The number of benzene rings is 6. The van der Waals surface area contributed by atoms with E-state index < -0.39 is 0 Å². The van der Waals surface area contributed by atoms with Crippen LogP contribution in [0.5, 0.6) is 0 Å². The molecular formula is C42H28N4S2. The van der Waals surface area contributed by atoms with E-state index in [0.717, 1.165) is 22.2 Å². The highest BCUT2D eigenvalue weighted by molar-refractivity contribution is 8.05. The van der Waals surface area contributed by atoms with Gasteiger partial charge < -0.3 is 0 Å². The Labute approximate surface area is 286 Å². The van der Waals surface area contributed by atoms with Crippen LogP contribution in [0.4, 0.5) is 0 Å². The first-order valence-electron chi connectivity index (χ1n) is 16.1. The molecule has 0 spiro atoms. The normalized spacial score (nSPS) is 14.0. The van der Waals surface area contributed by atoms with E-state index in [4.69, 9.17) is 15.0 Å². The number of fused-ring (bicyclic) bond motifs is 8. The highest BCUT2D eigenvalue weighted by Crippen LogP contribution is 2.56. The Morgan fingerprint density at radius 2 is 1.02 bits per heavy atom. The molecule has 10 rings (SSSR count). The molecule has 228 valence electrons. The lowest BCUT2D eigenvalue weighted by molar-refractivity contribution is 0.658. The van der Waals surface area contributed by atoms with Gasteiger partial charge in [-0.3, -0.25) is 4.57 Å². The molecule has 6 heteroatoms. The van der Waals surface area contributed by atoms with Crippen LogP contribution >= 0.6 is 23.5 Å². The predicted octanol–water partition coefficient (Wildman–Crippen LogP) is 11.2. The molecule has 0 fully saturated rings. The van der Waals surface area contributed by atoms with Crippen molar-refractivity contribution in [2.45, 2.75) is 38.8 Å². The van der Waals surface area contributed by atoms with Crippen LogP contribution in [0.1, 0.15) is 25.0 Å². The van der Waals surface area contributed by atoms with Crippen molar-refractivity contribution >= 4 is 45.3 Å². The van der Waals surface area contributed by atoms with Gasteiger partial charge in [-0.1, -0.05) is 128 Å². The summed E-state index contributed by atoms with van der Waals surface area (Å²) < 4.78 is 2.23. The summed E-state index contributed by atoms with van der Waals surface area (Å²) in [7, 11) is 0. The Morgan fingerprint density at radius 3 is 1.69 bits per heavy atom. The second-order valence-corrected chi connectivity index (χ2v) is 15.1. The van der Waals surface area contributed by atoms with Gasteiger partial charge in [-0.05, 0) is 64.7 Å². The minimum Gasteiger partial charge on any atom is -0.278 e. The quantitative estimate of drug-likeness (QED) is 0.190. The molecule has 0 N–H and O–H groups in total. The van der Waals surface area contributed by atoms with Crippen LogP contribution in [0.2, 0.25) is 0 Å². The maximum atomic E-state index is 5.15. The monoisotopic (exact) mass is 652 g/mol. The van der Waals surface area contributed by atoms with Crippen LogP contribution < -0.4 is 0 Å². The van der Waals surface area contributed by atoms with E-state index in [1.165, 1.54) is 52.6 Å². The van der Waals surface area contributed by atoms with Crippen molar-refractivity contribution in [1.29, 1.82) is 0 Å². The number of hydrogen-bond donors (Lipinski definition) is 0. The largest absolute Gasteiger partial charge is 0.278 e. The number of rotatable bonds is 3. The van der Waals surface area contributed by atoms with Crippen molar-refractivity contribution in [2.75, 3.05) is 0 Å². The maximum absolute atomic E-state index is 5.15. The Kier molecular flexibility index (Phi) is 6.05. The lowest BCUT2D eigenvalue weighted by atomic mass is 9.82. The minimum absolute atomic E-state index is 0.180. The molecule has 0 radical (unpaired) electrons. The Bertz CT molecular complexity index is 2530. The number of nitrogens with zero attached hydrogens (tertiary/aromatic N) is 4. The van der Waals surface area contributed by atoms with E-state index in [1.807, 2.05) is 59.9 Å². The van der Waals surface area contributed by atoms with Gasteiger partial charge in [0.25, 0.3) is 0 Å². The van der Waals surface area contributed by atoms with Crippen LogP contribution in [-0.4, -0.2) is 19.5 Å². The molecule has 0 atom stereocenters. The second kappa shape index (κ2) is 10.4. The zero-order valence-corrected chi connectivity index (χ0v) is 27.9. The smallest absolute Gasteiger partial charge is 0.238 e. The van der Waals surface area contributed by atoms with E-state index in [0.29, 0.717) is 17.6 Å². The average Bonchev–Trinajstić information content (AvgIpc) is 3.57. The van der Waals surface area contributed by atoms with E-state index >= 15 is 0 Å². The van der Waals surface area contributed by atoms with Crippen LogP contribution in [0.25, 0.3) is 61.7 Å². The number of aromatic nitrogens is 4. The van der Waals surface area contributed by atoms with Gasteiger partial charge in [-0.25, -0.2) is 4.98 Å². The van der Waals surface area contributed by atoms with Crippen LogP contribution in [0.3, 0.4) is 0 Å². The van der Waals surface area contributed by atoms with Crippen LogP contribution in [-0.2, 0) is 5.41 Å². The summed E-state index contributed by atoms with van der Waals surface area (Å²) in [6, 6.07) is 47.4. The molecule has 2 aromatic heterocycles. The van der Waals surface area contributed by atoms with Crippen LogP contribution in [0, 0.1) is 0 Å². The van der Waals surface area contributed by atoms with Gasteiger partial charge in [-0.2, -0.15) is 9.97 Å². The molecule has 4 nitrogen and oxygen atoms in total. The van der Waals surface area contributed by atoms with Gasteiger partial charge in [0.05, 0.1) is 11.0 Å². The number of hydrogen-bond acceptors (Lipinski definition) is 5. The van der Waals surface area contributed by atoms with Crippen LogP contribution in [0.15, 0.2) is 153 Å². The summed E-state index contributed by atoms with van der Waals surface area (Å²) >= 11 is 3.77. The zero-order valence-electron chi connectivity index (χ0n) is 26.3. The molecule has 0 saturated heterocycles. The molecule has 0 bridgehead atoms. The Balaban J connectivity index is 1.22. The molecule has 1 aliphatic carbocycles. The summed E-state index contributed by atoms with van der Waals surface area (Å²) in [5.74, 6) is 1.92. The van der Waals surface area contributed by atoms with Crippen molar-refractivity contribution in [2.24, 2.45) is 0 Å². The molecule has 1 aliphatic heterocycles. The van der Waals surface area contributed by atoms with Crippen molar-refractivity contribution in [3.8, 4) is 39.9 Å². The first-order chi connectivity index (χ1) is 23.5. The molecule has 48 heavy (non-hydrogen) atoms. The van der Waals surface area contributed by atoms with Gasteiger partial charge in [0.2, 0.25) is 5.95 Å². The predicted molar refractivity (Wildman–Crippen MR) is 197 cm³/mol. The van der Waals surface area contributed by atoms with Crippen molar-refractivity contribution < 1.29 is 0 Å². The fraction of sp³-hybridized carbons (Fsp3) is 0.0714. The fourth-order valence-corrected chi connectivity index (χ4v) is 9.61. The van der Waals surface area contributed by atoms with Gasteiger partial charge >= 0.3 is 0 Å². The Hall–Kier alpha value is -5.17. The van der Waals surface area contributed by atoms with Crippen molar-refractivity contribution in [3.05, 3.63) is 145 Å². The minimum atomic E-state index is -0.180. The summed E-state index contributed by atoms with van der Waals surface area (Å²) in [6.07, 6.45) is 0. The molecular weight excluding hydrogens is 625 g/mol. The third-order valence-electron chi connectivity index (χ3n) is 9.71. The lowest BCUT2D eigenvalue weighted by Crippen LogP contribution is -2.15. The summed E-state index contributed by atoms with van der Waals surface area (Å²) in [4.78, 5) is 20.6. The van der Waals surface area contributed by atoms with Gasteiger partial charge in [0.1, 0.15) is 0 Å². The second-order valence-electron chi connectivity index (χ2n) is 12.9. The summed E-state index contributed by atoms with van der Waals surface area (Å²) in [5, 5.41) is 2.38. The lowest BCUT2D eigenvalue weighted by Gasteiger charge is -2.24. The molecule has 6 aromatic carbocycles. The van der Waals surface area contributed by atoms with Crippen molar-refractivity contribution in [3.63, 3.8) is 0 Å². The summed E-state index contributed by atoms with van der Waals surface area (Å²) in [5.41, 5.74) is 9.25.